The molecule has 0 spiro atoms. The van der Waals surface area contributed by atoms with Crippen LogP contribution in [-0.4, -0.2) is 29.2 Å². The van der Waals surface area contributed by atoms with E-state index >= 15 is 0 Å². The summed E-state index contributed by atoms with van der Waals surface area (Å²) >= 11 is 0. The van der Waals surface area contributed by atoms with E-state index in [2.05, 4.69) is 24.5 Å². The predicted octanol–water partition coefficient (Wildman–Crippen LogP) is 2.71. The fourth-order valence-corrected chi connectivity index (χ4v) is 2.30. The zero-order valence-electron chi connectivity index (χ0n) is 13.7. The Morgan fingerprint density at radius 3 is 2.33 bits per heavy atom. The van der Waals surface area contributed by atoms with Crippen LogP contribution in [0.15, 0.2) is 24.3 Å². The Hall–Kier alpha value is -1.39. The van der Waals surface area contributed by atoms with Crippen LogP contribution in [0.2, 0.25) is 0 Å². The second-order valence-corrected chi connectivity index (χ2v) is 6.55. The van der Waals surface area contributed by atoms with Gasteiger partial charge in [-0.25, -0.2) is 0 Å². The van der Waals surface area contributed by atoms with Gasteiger partial charge in [0.2, 0.25) is 5.91 Å². The lowest BCUT2D eigenvalue weighted by molar-refractivity contribution is -0.118. The van der Waals surface area contributed by atoms with E-state index in [9.17, 15) is 9.90 Å². The fraction of sp³-hybridized carbons (Fsp3) is 0.588. The number of carbonyl (C=O) groups excluding carboxylic acids is 1. The molecular weight excluding hydrogens is 264 g/mol. The van der Waals surface area contributed by atoms with Crippen LogP contribution in [0.1, 0.15) is 39.7 Å². The number of hydrogen-bond acceptors (Lipinski definition) is 3. The third-order valence-corrected chi connectivity index (χ3v) is 3.35. The number of anilines is 1. The molecule has 0 aliphatic heterocycles. The van der Waals surface area contributed by atoms with Crippen molar-refractivity contribution in [2.75, 3.05) is 11.9 Å². The first-order chi connectivity index (χ1) is 9.69. The average molecular weight is 292 g/mol. The topological polar surface area (TPSA) is 61.4 Å². The second-order valence-electron chi connectivity index (χ2n) is 6.55. The summed E-state index contributed by atoms with van der Waals surface area (Å²) in [4.78, 5) is 12.1. The predicted molar refractivity (Wildman–Crippen MR) is 87.4 cm³/mol. The van der Waals surface area contributed by atoms with Crippen LogP contribution >= 0.6 is 0 Å². The summed E-state index contributed by atoms with van der Waals surface area (Å²) in [6.45, 7) is 10.1. The maximum atomic E-state index is 12.1. The average Bonchev–Trinajstić information content (AvgIpc) is 2.37. The minimum absolute atomic E-state index is 0.0980. The summed E-state index contributed by atoms with van der Waals surface area (Å²) in [5.74, 6) is 0.317. The molecule has 3 N–H and O–H groups in total. The standard InChI is InChI=1S/C17H28N2O2/c1-12(2)10-17(5,21)11-18-14(4)16(20)19-15-8-6-13(3)7-9-15/h6-9,12,14,18,21H,10-11H2,1-5H3,(H,19,20). The Labute approximate surface area is 128 Å². The molecule has 1 aromatic carbocycles. The van der Waals surface area contributed by atoms with Crippen LogP contribution in [0, 0.1) is 12.8 Å². The van der Waals surface area contributed by atoms with Gasteiger partial charge in [-0.1, -0.05) is 31.5 Å². The highest BCUT2D eigenvalue weighted by atomic mass is 16.3. The molecule has 4 heteroatoms. The van der Waals surface area contributed by atoms with Crippen molar-refractivity contribution >= 4 is 11.6 Å². The van der Waals surface area contributed by atoms with Gasteiger partial charge in [0.25, 0.3) is 0 Å². The van der Waals surface area contributed by atoms with E-state index in [1.165, 1.54) is 0 Å². The molecule has 0 saturated heterocycles. The number of aryl methyl sites for hydroxylation is 1. The van der Waals surface area contributed by atoms with Crippen LogP contribution in [0.3, 0.4) is 0 Å². The Bertz CT molecular complexity index is 452. The van der Waals surface area contributed by atoms with Gasteiger partial charge in [-0.2, -0.15) is 0 Å². The van der Waals surface area contributed by atoms with E-state index in [4.69, 9.17) is 0 Å². The molecule has 1 aromatic rings. The summed E-state index contributed by atoms with van der Waals surface area (Å²) in [5, 5.41) is 16.2. The van der Waals surface area contributed by atoms with Gasteiger partial charge < -0.3 is 15.7 Å². The summed E-state index contributed by atoms with van der Waals surface area (Å²) < 4.78 is 0. The van der Waals surface area contributed by atoms with Crippen molar-refractivity contribution < 1.29 is 9.90 Å². The maximum absolute atomic E-state index is 12.1. The zero-order valence-corrected chi connectivity index (χ0v) is 13.7. The number of amides is 1. The molecule has 0 aromatic heterocycles. The molecule has 0 aliphatic carbocycles. The number of nitrogens with one attached hydrogen (secondary N) is 2. The molecule has 1 amide bonds. The summed E-state index contributed by atoms with van der Waals surface area (Å²) in [6, 6.07) is 7.33. The van der Waals surface area contributed by atoms with Crippen LogP contribution in [-0.2, 0) is 4.79 Å². The molecular formula is C17H28N2O2. The molecule has 2 atom stereocenters. The third kappa shape index (κ3) is 6.74. The number of benzene rings is 1. The molecule has 21 heavy (non-hydrogen) atoms. The molecule has 1 rings (SSSR count). The van der Waals surface area contributed by atoms with Crippen LogP contribution in [0.25, 0.3) is 0 Å². The fourth-order valence-electron chi connectivity index (χ4n) is 2.30. The van der Waals surface area contributed by atoms with E-state index in [1.54, 1.807) is 13.8 Å². The van der Waals surface area contributed by atoms with Crippen LogP contribution < -0.4 is 10.6 Å². The Kier molecular flexibility index (Phi) is 6.37. The van der Waals surface area contributed by atoms with Gasteiger partial charge in [-0.05, 0) is 45.2 Å². The van der Waals surface area contributed by atoms with Crippen molar-refractivity contribution in [2.45, 2.75) is 52.7 Å². The van der Waals surface area contributed by atoms with Gasteiger partial charge in [-0.15, -0.1) is 0 Å². The summed E-state index contributed by atoms with van der Waals surface area (Å²) in [6.07, 6.45) is 0.701. The molecule has 0 radical (unpaired) electrons. The minimum Gasteiger partial charge on any atom is -0.389 e. The molecule has 118 valence electrons. The van der Waals surface area contributed by atoms with Gasteiger partial charge in [0.1, 0.15) is 0 Å². The first-order valence-electron chi connectivity index (χ1n) is 7.53. The Balaban J connectivity index is 2.46. The summed E-state index contributed by atoms with van der Waals surface area (Å²) in [7, 11) is 0. The van der Waals surface area contributed by atoms with Gasteiger partial charge >= 0.3 is 0 Å². The number of hydrogen-bond donors (Lipinski definition) is 3. The normalized spacial score (nSPS) is 15.6. The molecule has 2 unspecified atom stereocenters. The van der Waals surface area contributed by atoms with Crippen molar-refractivity contribution in [3.8, 4) is 0 Å². The van der Waals surface area contributed by atoms with E-state index in [-0.39, 0.29) is 11.9 Å². The van der Waals surface area contributed by atoms with Crippen molar-refractivity contribution in [3.05, 3.63) is 29.8 Å². The highest BCUT2D eigenvalue weighted by Crippen LogP contribution is 2.15. The van der Waals surface area contributed by atoms with Gasteiger partial charge in [0.15, 0.2) is 0 Å². The van der Waals surface area contributed by atoms with Crippen LogP contribution in [0.5, 0.6) is 0 Å². The van der Waals surface area contributed by atoms with Crippen molar-refractivity contribution in [1.82, 2.24) is 5.32 Å². The van der Waals surface area contributed by atoms with E-state index in [0.717, 1.165) is 11.3 Å². The zero-order chi connectivity index (χ0) is 16.0. The van der Waals surface area contributed by atoms with E-state index < -0.39 is 5.60 Å². The first kappa shape index (κ1) is 17.7. The van der Waals surface area contributed by atoms with Crippen molar-refractivity contribution in [1.29, 1.82) is 0 Å². The lowest BCUT2D eigenvalue weighted by atomic mass is 9.94. The van der Waals surface area contributed by atoms with E-state index in [1.807, 2.05) is 31.2 Å². The lowest BCUT2D eigenvalue weighted by Gasteiger charge is -2.27. The van der Waals surface area contributed by atoms with Gasteiger partial charge in [0.05, 0.1) is 11.6 Å². The number of aliphatic hydroxyl groups is 1. The molecule has 0 fully saturated rings. The molecule has 0 aliphatic rings. The quantitative estimate of drug-likeness (QED) is 0.724. The molecule has 4 nitrogen and oxygen atoms in total. The van der Waals surface area contributed by atoms with E-state index in [0.29, 0.717) is 18.9 Å². The minimum atomic E-state index is -0.799. The van der Waals surface area contributed by atoms with Crippen molar-refractivity contribution in [2.24, 2.45) is 5.92 Å². The lowest BCUT2D eigenvalue weighted by Crippen LogP contribution is -2.46. The van der Waals surface area contributed by atoms with Gasteiger partial charge in [0, 0.05) is 12.2 Å². The molecule has 0 heterocycles. The monoisotopic (exact) mass is 292 g/mol. The third-order valence-electron chi connectivity index (χ3n) is 3.35. The number of carbonyl (C=O) groups is 1. The smallest absolute Gasteiger partial charge is 0.241 e. The van der Waals surface area contributed by atoms with Gasteiger partial charge in [-0.3, -0.25) is 4.79 Å². The first-order valence-corrected chi connectivity index (χ1v) is 7.53. The van der Waals surface area contributed by atoms with Crippen LogP contribution in [0.4, 0.5) is 5.69 Å². The maximum Gasteiger partial charge on any atom is 0.241 e. The SMILES string of the molecule is Cc1ccc(NC(=O)C(C)NCC(C)(O)CC(C)C)cc1. The second kappa shape index (κ2) is 7.57. The largest absolute Gasteiger partial charge is 0.389 e. The molecule has 0 bridgehead atoms. The highest BCUT2D eigenvalue weighted by molar-refractivity contribution is 5.94. The number of rotatable bonds is 7. The Morgan fingerprint density at radius 1 is 1.24 bits per heavy atom. The molecule has 0 saturated carbocycles. The Morgan fingerprint density at radius 2 is 1.81 bits per heavy atom. The van der Waals surface area contributed by atoms with Crippen molar-refractivity contribution in [3.63, 3.8) is 0 Å². The highest BCUT2D eigenvalue weighted by Gasteiger charge is 2.23. The summed E-state index contributed by atoms with van der Waals surface area (Å²) in [5.41, 5.74) is 1.14.